The number of carbonyl (C=O) groups excluding carboxylic acids is 2. The van der Waals surface area contributed by atoms with Crippen molar-refractivity contribution in [1.29, 1.82) is 0 Å². The molecule has 0 aromatic rings. The molecule has 0 atom stereocenters. The van der Waals surface area contributed by atoms with Crippen LogP contribution in [0.2, 0.25) is 0 Å². The Morgan fingerprint density at radius 2 is 0.853 bits per heavy atom. The third kappa shape index (κ3) is 16.5. The molecule has 0 N–H and O–H groups in total. The zero-order valence-electron chi connectivity index (χ0n) is 23.1. The summed E-state index contributed by atoms with van der Waals surface area (Å²) in [6, 6.07) is 0. The van der Waals surface area contributed by atoms with E-state index in [0.29, 0.717) is 11.8 Å². The van der Waals surface area contributed by atoms with Crippen molar-refractivity contribution in [3.05, 3.63) is 0 Å². The zero-order chi connectivity index (χ0) is 24.7. The summed E-state index contributed by atoms with van der Waals surface area (Å²) in [6.07, 6.45) is 27.8. The van der Waals surface area contributed by atoms with Gasteiger partial charge in [0.05, 0.1) is 0 Å². The van der Waals surface area contributed by atoms with Crippen LogP contribution in [0.4, 0.5) is 0 Å². The van der Waals surface area contributed by atoms with Gasteiger partial charge in [-0.1, -0.05) is 110 Å². The van der Waals surface area contributed by atoms with Crippen molar-refractivity contribution in [2.24, 2.45) is 0 Å². The van der Waals surface area contributed by atoms with Gasteiger partial charge in [0.25, 0.3) is 0 Å². The molecule has 2 heterocycles. The summed E-state index contributed by atoms with van der Waals surface area (Å²) >= 11 is 0. The van der Waals surface area contributed by atoms with Gasteiger partial charge in [-0.2, -0.15) is 0 Å². The van der Waals surface area contributed by atoms with Crippen molar-refractivity contribution >= 4 is 11.8 Å². The average Bonchev–Trinajstić information content (AvgIpc) is 3.14. The van der Waals surface area contributed by atoms with Gasteiger partial charge in [-0.25, -0.2) is 0 Å². The summed E-state index contributed by atoms with van der Waals surface area (Å²) in [5.74, 6) is 0.775. The Labute approximate surface area is 212 Å². The van der Waals surface area contributed by atoms with Crippen LogP contribution in [-0.2, 0) is 9.59 Å². The second kappa shape index (κ2) is 22.4. The second-order valence-electron chi connectivity index (χ2n) is 10.6. The Morgan fingerprint density at radius 1 is 0.471 bits per heavy atom. The van der Waals surface area contributed by atoms with E-state index in [-0.39, 0.29) is 0 Å². The average molecular weight is 479 g/mol. The van der Waals surface area contributed by atoms with E-state index in [9.17, 15) is 9.59 Å². The number of hydrogen-bond acceptors (Lipinski definition) is 2. The summed E-state index contributed by atoms with van der Waals surface area (Å²) in [4.78, 5) is 27.2. The summed E-state index contributed by atoms with van der Waals surface area (Å²) in [5, 5.41) is 0. The van der Waals surface area contributed by atoms with Crippen LogP contribution in [0.25, 0.3) is 0 Å². The lowest BCUT2D eigenvalue weighted by Crippen LogP contribution is -2.31. The highest BCUT2D eigenvalue weighted by Gasteiger charge is 2.18. The maximum Gasteiger partial charge on any atom is 0.222 e. The molecule has 0 spiro atoms. The molecule has 2 aliphatic rings. The molecular weight excluding hydrogens is 420 g/mol. The lowest BCUT2D eigenvalue weighted by atomic mass is 10.1. The molecule has 34 heavy (non-hydrogen) atoms. The fraction of sp³-hybridized carbons (Fsp3) is 0.933. The van der Waals surface area contributed by atoms with E-state index in [2.05, 4.69) is 18.7 Å². The molecule has 2 amide bonds. The molecule has 2 rings (SSSR count). The van der Waals surface area contributed by atoms with Crippen molar-refractivity contribution in [3.8, 4) is 0 Å². The van der Waals surface area contributed by atoms with Crippen molar-refractivity contribution in [2.75, 3.05) is 26.2 Å². The fourth-order valence-corrected chi connectivity index (χ4v) is 5.09. The molecule has 4 heteroatoms. The van der Waals surface area contributed by atoms with Crippen molar-refractivity contribution < 1.29 is 9.59 Å². The molecule has 0 aromatic heterocycles. The summed E-state index contributed by atoms with van der Waals surface area (Å²) in [6.45, 7) is 8.55. The van der Waals surface area contributed by atoms with Gasteiger partial charge in [0, 0.05) is 39.0 Å². The van der Waals surface area contributed by atoms with Gasteiger partial charge < -0.3 is 9.80 Å². The first-order valence-corrected chi connectivity index (χ1v) is 15.2. The minimum atomic E-state index is 0.380. The molecule has 0 bridgehead atoms. The molecule has 200 valence electrons. The first kappa shape index (κ1) is 31.0. The molecule has 2 aliphatic heterocycles. The van der Waals surface area contributed by atoms with E-state index >= 15 is 0 Å². The minimum Gasteiger partial charge on any atom is -0.343 e. The molecule has 2 fully saturated rings. The SMILES string of the molecule is CCCCCCCCCCCCN1CCCC1=O.CCCCCCCCN1CCCCCC1=O. The van der Waals surface area contributed by atoms with E-state index in [4.69, 9.17) is 0 Å². The zero-order valence-corrected chi connectivity index (χ0v) is 23.1. The number of likely N-dealkylation sites (tertiary alicyclic amines) is 2. The van der Waals surface area contributed by atoms with Crippen LogP contribution in [0.1, 0.15) is 155 Å². The van der Waals surface area contributed by atoms with Gasteiger partial charge in [0.1, 0.15) is 0 Å². The van der Waals surface area contributed by atoms with Crippen LogP contribution in [0, 0.1) is 0 Å². The van der Waals surface area contributed by atoms with Crippen LogP contribution < -0.4 is 0 Å². The molecule has 0 aromatic carbocycles. The van der Waals surface area contributed by atoms with Gasteiger partial charge in [-0.3, -0.25) is 9.59 Å². The fourth-order valence-electron chi connectivity index (χ4n) is 5.09. The van der Waals surface area contributed by atoms with Crippen molar-refractivity contribution in [1.82, 2.24) is 9.80 Å². The van der Waals surface area contributed by atoms with Gasteiger partial charge >= 0.3 is 0 Å². The van der Waals surface area contributed by atoms with E-state index in [1.807, 2.05) is 4.90 Å². The van der Waals surface area contributed by atoms with E-state index in [1.54, 1.807) is 0 Å². The highest BCUT2D eigenvalue weighted by atomic mass is 16.2. The number of carbonyl (C=O) groups is 2. The molecule has 0 radical (unpaired) electrons. The van der Waals surface area contributed by atoms with Gasteiger partial charge in [0.2, 0.25) is 11.8 Å². The van der Waals surface area contributed by atoms with Gasteiger partial charge in [0.15, 0.2) is 0 Å². The Bertz CT molecular complexity index is 494. The number of hydrogen-bond donors (Lipinski definition) is 0. The van der Waals surface area contributed by atoms with Crippen LogP contribution >= 0.6 is 0 Å². The molecular formula is C30H58N2O2. The van der Waals surface area contributed by atoms with Gasteiger partial charge in [-0.15, -0.1) is 0 Å². The van der Waals surface area contributed by atoms with E-state index in [0.717, 1.165) is 51.9 Å². The van der Waals surface area contributed by atoms with E-state index < -0.39 is 0 Å². The standard InChI is InChI=1S/C16H31NO.C14H27NO/c1-2-3-4-5-6-7-8-9-10-11-14-17-15-12-13-16(17)18;1-2-3-4-5-6-9-12-15-13-10-7-8-11-14(15)16/h2-15H2,1H3;2-13H2,1H3. The predicted octanol–water partition coefficient (Wildman–Crippen LogP) is 8.28. The smallest absolute Gasteiger partial charge is 0.222 e. The normalized spacial score (nSPS) is 16.5. The van der Waals surface area contributed by atoms with Gasteiger partial charge in [-0.05, 0) is 32.1 Å². The maximum absolute atomic E-state index is 11.7. The topological polar surface area (TPSA) is 40.6 Å². The third-order valence-corrected chi connectivity index (χ3v) is 7.41. The highest BCUT2D eigenvalue weighted by molar-refractivity contribution is 5.78. The monoisotopic (exact) mass is 478 g/mol. The van der Waals surface area contributed by atoms with Crippen LogP contribution in [0.3, 0.4) is 0 Å². The summed E-state index contributed by atoms with van der Waals surface area (Å²) in [5.41, 5.74) is 0. The van der Waals surface area contributed by atoms with E-state index in [1.165, 1.54) is 116 Å². The summed E-state index contributed by atoms with van der Waals surface area (Å²) < 4.78 is 0. The molecule has 2 saturated heterocycles. The Balaban J connectivity index is 0.000000342. The minimum absolute atomic E-state index is 0.380. The Hall–Kier alpha value is -1.06. The third-order valence-electron chi connectivity index (χ3n) is 7.41. The van der Waals surface area contributed by atoms with Crippen LogP contribution in [-0.4, -0.2) is 47.8 Å². The highest BCUT2D eigenvalue weighted by Crippen LogP contribution is 2.14. The number of nitrogens with zero attached hydrogens (tertiary/aromatic N) is 2. The van der Waals surface area contributed by atoms with Crippen LogP contribution in [0.15, 0.2) is 0 Å². The number of unbranched alkanes of at least 4 members (excludes halogenated alkanes) is 14. The molecule has 4 nitrogen and oxygen atoms in total. The lowest BCUT2D eigenvalue weighted by molar-refractivity contribution is -0.130. The Kier molecular flexibility index (Phi) is 20.4. The molecule has 0 saturated carbocycles. The predicted molar refractivity (Wildman–Crippen MR) is 146 cm³/mol. The first-order chi connectivity index (χ1) is 16.7. The Morgan fingerprint density at radius 3 is 1.26 bits per heavy atom. The van der Waals surface area contributed by atoms with Crippen molar-refractivity contribution in [2.45, 2.75) is 155 Å². The van der Waals surface area contributed by atoms with Crippen LogP contribution in [0.5, 0.6) is 0 Å². The second-order valence-corrected chi connectivity index (χ2v) is 10.6. The lowest BCUT2D eigenvalue weighted by Gasteiger charge is -2.20. The van der Waals surface area contributed by atoms with Crippen molar-refractivity contribution in [3.63, 3.8) is 0 Å². The number of rotatable bonds is 18. The summed E-state index contributed by atoms with van der Waals surface area (Å²) in [7, 11) is 0. The first-order valence-electron chi connectivity index (χ1n) is 15.2. The number of amides is 2. The largest absolute Gasteiger partial charge is 0.343 e. The maximum atomic E-state index is 11.7. The quantitative estimate of drug-likeness (QED) is 0.186. The molecule has 0 aliphatic carbocycles. The molecule has 0 unspecified atom stereocenters.